The first-order chi connectivity index (χ1) is 12.9. The lowest BCUT2D eigenvalue weighted by Gasteiger charge is -2.24. The first-order valence-electron chi connectivity index (χ1n) is 9.15. The number of aromatic nitrogens is 3. The van der Waals surface area contributed by atoms with Gasteiger partial charge < -0.3 is 9.30 Å². The molecule has 0 bridgehead atoms. The molecule has 2 aromatic heterocycles. The van der Waals surface area contributed by atoms with Crippen molar-refractivity contribution in [2.75, 3.05) is 19.7 Å². The molecule has 1 aliphatic heterocycles. The van der Waals surface area contributed by atoms with Gasteiger partial charge in [0.2, 0.25) is 0 Å². The van der Waals surface area contributed by atoms with Crippen molar-refractivity contribution in [1.82, 2.24) is 19.4 Å². The van der Waals surface area contributed by atoms with Gasteiger partial charge in [0, 0.05) is 44.5 Å². The van der Waals surface area contributed by atoms with Gasteiger partial charge in [0.25, 0.3) is 0 Å². The van der Waals surface area contributed by atoms with Crippen LogP contribution >= 0.6 is 0 Å². The Hall–Kier alpha value is -2.66. The van der Waals surface area contributed by atoms with Crippen molar-refractivity contribution in [2.45, 2.75) is 19.5 Å². The van der Waals surface area contributed by atoms with E-state index in [1.165, 1.54) is 11.3 Å². The van der Waals surface area contributed by atoms with Crippen LogP contribution in [0.2, 0.25) is 0 Å². The third-order valence-corrected chi connectivity index (χ3v) is 4.84. The maximum atomic E-state index is 5.98. The standard InChI is InChI=1S/C21H24N4O/c1-2-5-18(6-3-1)8-10-24-13-19(14-25-17-23-11-20(25)15-24)16-26-21-7-4-9-22-12-21/h1-7,9,11-12,17,19H,8,10,13-16H2. The monoisotopic (exact) mass is 348 g/mol. The van der Waals surface area contributed by atoms with Crippen molar-refractivity contribution in [3.8, 4) is 5.75 Å². The molecule has 0 radical (unpaired) electrons. The number of ether oxygens (including phenoxy) is 1. The van der Waals surface area contributed by atoms with Crippen LogP contribution in [0.15, 0.2) is 67.4 Å². The lowest BCUT2D eigenvalue weighted by atomic mass is 10.1. The zero-order valence-electron chi connectivity index (χ0n) is 14.9. The normalized spacial score (nSPS) is 17.5. The molecular weight excluding hydrogens is 324 g/mol. The molecule has 0 fully saturated rings. The highest BCUT2D eigenvalue weighted by atomic mass is 16.5. The molecule has 0 spiro atoms. The van der Waals surface area contributed by atoms with Crippen LogP contribution in [0.3, 0.4) is 0 Å². The summed E-state index contributed by atoms with van der Waals surface area (Å²) in [6.45, 7) is 4.63. The van der Waals surface area contributed by atoms with Crippen molar-refractivity contribution >= 4 is 0 Å². The van der Waals surface area contributed by atoms with Gasteiger partial charge >= 0.3 is 0 Å². The van der Waals surface area contributed by atoms with Gasteiger partial charge in [0.05, 0.1) is 24.8 Å². The average Bonchev–Trinajstić information content (AvgIpc) is 3.05. The summed E-state index contributed by atoms with van der Waals surface area (Å²) in [6, 6.07) is 14.5. The molecule has 3 aromatic rings. The molecule has 0 saturated carbocycles. The minimum atomic E-state index is 0.418. The molecule has 1 unspecified atom stereocenters. The topological polar surface area (TPSA) is 43.2 Å². The average molecular weight is 348 g/mol. The molecule has 1 aromatic carbocycles. The number of fused-ring (bicyclic) bond motifs is 1. The smallest absolute Gasteiger partial charge is 0.137 e. The van der Waals surface area contributed by atoms with Gasteiger partial charge in [-0.3, -0.25) is 9.88 Å². The molecule has 3 heterocycles. The fraction of sp³-hybridized carbons (Fsp3) is 0.333. The maximum absolute atomic E-state index is 5.98. The molecule has 4 rings (SSSR count). The third-order valence-electron chi connectivity index (χ3n) is 4.84. The second-order valence-corrected chi connectivity index (χ2v) is 6.87. The van der Waals surface area contributed by atoms with E-state index in [1.807, 2.05) is 24.7 Å². The van der Waals surface area contributed by atoms with Crippen LogP contribution in [0.1, 0.15) is 11.3 Å². The number of hydrogen-bond acceptors (Lipinski definition) is 4. The molecule has 0 N–H and O–H groups in total. The molecule has 1 aliphatic rings. The third kappa shape index (κ3) is 4.29. The highest BCUT2D eigenvalue weighted by Gasteiger charge is 2.22. The zero-order valence-corrected chi connectivity index (χ0v) is 14.9. The number of benzene rings is 1. The van der Waals surface area contributed by atoms with Crippen molar-refractivity contribution in [2.24, 2.45) is 5.92 Å². The quantitative estimate of drug-likeness (QED) is 0.687. The van der Waals surface area contributed by atoms with Gasteiger partial charge in [-0.15, -0.1) is 0 Å². The Morgan fingerprint density at radius 3 is 2.77 bits per heavy atom. The highest BCUT2D eigenvalue weighted by Crippen LogP contribution is 2.18. The highest BCUT2D eigenvalue weighted by molar-refractivity contribution is 5.16. The molecule has 134 valence electrons. The molecule has 5 heteroatoms. The molecule has 0 aliphatic carbocycles. The van der Waals surface area contributed by atoms with Gasteiger partial charge in [0.15, 0.2) is 0 Å². The summed E-state index contributed by atoms with van der Waals surface area (Å²) in [4.78, 5) is 11.0. The van der Waals surface area contributed by atoms with Gasteiger partial charge in [-0.1, -0.05) is 30.3 Å². The van der Waals surface area contributed by atoms with E-state index in [0.29, 0.717) is 12.5 Å². The minimum absolute atomic E-state index is 0.418. The van der Waals surface area contributed by atoms with Gasteiger partial charge in [-0.2, -0.15) is 0 Å². The van der Waals surface area contributed by atoms with Gasteiger partial charge in [0.1, 0.15) is 5.75 Å². The van der Waals surface area contributed by atoms with E-state index in [-0.39, 0.29) is 0 Å². The first kappa shape index (κ1) is 16.8. The van der Waals surface area contributed by atoms with E-state index in [1.54, 1.807) is 12.4 Å². The SMILES string of the molecule is c1ccc(CCN2Cc3cncn3CC(COc3cccnc3)C2)cc1. The van der Waals surface area contributed by atoms with E-state index in [9.17, 15) is 0 Å². The predicted octanol–water partition coefficient (Wildman–Crippen LogP) is 3.03. The predicted molar refractivity (Wildman–Crippen MR) is 101 cm³/mol. The fourth-order valence-corrected chi connectivity index (χ4v) is 3.49. The van der Waals surface area contributed by atoms with Gasteiger partial charge in [-0.25, -0.2) is 4.98 Å². The molecule has 26 heavy (non-hydrogen) atoms. The Balaban J connectivity index is 1.41. The molecular formula is C21H24N4O. The maximum Gasteiger partial charge on any atom is 0.137 e. The van der Waals surface area contributed by atoms with Crippen LogP contribution < -0.4 is 4.74 Å². The van der Waals surface area contributed by atoms with Crippen LogP contribution in [0.4, 0.5) is 0 Å². The lowest BCUT2D eigenvalue weighted by molar-refractivity contribution is 0.173. The zero-order chi connectivity index (χ0) is 17.6. The summed E-state index contributed by atoms with van der Waals surface area (Å²) >= 11 is 0. The second kappa shape index (κ2) is 8.15. The fourth-order valence-electron chi connectivity index (χ4n) is 3.49. The second-order valence-electron chi connectivity index (χ2n) is 6.87. The van der Waals surface area contributed by atoms with E-state index < -0.39 is 0 Å². The van der Waals surface area contributed by atoms with E-state index >= 15 is 0 Å². The van der Waals surface area contributed by atoms with Crippen LogP contribution in [-0.2, 0) is 19.5 Å². The molecule has 1 atom stereocenters. The van der Waals surface area contributed by atoms with E-state index in [2.05, 4.69) is 49.8 Å². The molecule has 0 saturated heterocycles. The summed E-state index contributed by atoms with van der Waals surface area (Å²) in [7, 11) is 0. The summed E-state index contributed by atoms with van der Waals surface area (Å²) in [5.41, 5.74) is 2.66. The van der Waals surface area contributed by atoms with Crippen LogP contribution in [-0.4, -0.2) is 39.1 Å². The van der Waals surface area contributed by atoms with Crippen molar-refractivity contribution in [1.29, 1.82) is 0 Å². The van der Waals surface area contributed by atoms with E-state index in [4.69, 9.17) is 4.74 Å². The Morgan fingerprint density at radius 1 is 1.00 bits per heavy atom. The van der Waals surface area contributed by atoms with Crippen molar-refractivity contribution < 1.29 is 4.74 Å². The van der Waals surface area contributed by atoms with Crippen LogP contribution in [0.5, 0.6) is 5.75 Å². The number of hydrogen-bond donors (Lipinski definition) is 0. The largest absolute Gasteiger partial charge is 0.492 e. The Kier molecular flexibility index (Phi) is 5.26. The number of rotatable bonds is 6. The van der Waals surface area contributed by atoms with Gasteiger partial charge in [-0.05, 0) is 24.1 Å². The van der Waals surface area contributed by atoms with Crippen molar-refractivity contribution in [3.05, 3.63) is 78.6 Å². The van der Waals surface area contributed by atoms with Crippen molar-refractivity contribution in [3.63, 3.8) is 0 Å². The lowest BCUT2D eigenvalue weighted by Crippen LogP contribution is -2.32. The summed E-state index contributed by atoms with van der Waals surface area (Å²) in [5.74, 6) is 1.25. The number of nitrogens with zero attached hydrogens (tertiary/aromatic N) is 4. The minimum Gasteiger partial charge on any atom is -0.492 e. The Labute approximate surface area is 154 Å². The summed E-state index contributed by atoms with van der Waals surface area (Å²) < 4.78 is 8.24. The summed E-state index contributed by atoms with van der Waals surface area (Å²) in [5, 5.41) is 0. The van der Waals surface area contributed by atoms with E-state index in [0.717, 1.165) is 38.3 Å². The first-order valence-corrected chi connectivity index (χ1v) is 9.15. The number of pyridine rings is 1. The number of imidazole rings is 1. The molecule has 0 amide bonds. The Morgan fingerprint density at radius 2 is 1.92 bits per heavy atom. The van der Waals surface area contributed by atoms with Crippen LogP contribution in [0, 0.1) is 5.92 Å². The summed E-state index contributed by atoms with van der Waals surface area (Å²) in [6.07, 6.45) is 8.52. The van der Waals surface area contributed by atoms with Crippen LogP contribution in [0.25, 0.3) is 0 Å². The molecule has 5 nitrogen and oxygen atoms in total. The Bertz CT molecular complexity index is 737.